The van der Waals surface area contributed by atoms with Crippen LogP contribution in [0.25, 0.3) is 0 Å². The fourth-order valence-corrected chi connectivity index (χ4v) is 6.42. The maximum Gasteiger partial charge on any atom is 0.243 e. The second kappa shape index (κ2) is 16.2. The minimum absolute atomic E-state index is 0.0649. The van der Waals surface area contributed by atoms with Crippen LogP contribution in [0.3, 0.4) is 0 Å². The summed E-state index contributed by atoms with van der Waals surface area (Å²) in [5.74, 6) is -0.292. The highest BCUT2D eigenvalue weighted by Gasteiger charge is 2.33. The number of nitrogens with one attached hydrogen (secondary N) is 2. The lowest BCUT2D eigenvalue weighted by atomic mass is 9.98. The number of ether oxygens (including phenoxy) is 1. The molecule has 2 aliphatic heterocycles. The lowest BCUT2D eigenvalue weighted by Gasteiger charge is -2.32. The summed E-state index contributed by atoms with van der Waals surface area (Å²) < 4.78 is 34.5. The van der Waals surface area contributed by atoms with Crippen molar-refractivity contribution in [3.8, 4) is 5.75 Å². The minimum atomic E-state index is -3.99. The molecule has 4 atom stereocenters. The Kier molecular flexibility index (Phi) is 13.0. The summed E-state index contributed by atoms with van der Waals surface area (Å²) >= 11 is 0. The number of carbonyl (C=O) groups excluding carboxylic acids is 2. The zero-order valence-electron chi connectivity index (χ0n) is 26.2. The normalized spacial score (nSPS) is 21.5. The average Bonchev–Trinajstić information content (AvgIpc) is 2.97. The molecule has 2 bridgehead atoms. The van der Waals surface area contributed by atoms with E-state index < -0.39 is 46.1 Å². The first-order chi connectivity index (χ1) is 20.8. The van der Waals surface area contributed by atoms with Gasteiger partial charge in [0.15, 0.2) is 0 Å². The van der Waals surface area contributed by atoms with Gasteiger partial charge >= 0.3 is 0 Å². The van der Waals surface area contributed by atoms with Crippen LogP contribution in [-0.4, -0.2) is 73.6 Å². The lowest BCUT2D eigenvalue weighted by molar-refractivity contribution is -0.131. The molecule has 0 saturated heterocycles. The van der Waals surface area contributed by atoms with Crippen LogP contribution in [0.15, 0.2) is 53.4 Å². The number of nitrogen functional groups attached to an aromatic ring is 1. The van der Waals surface area contributed by atoms with Crippen molar-refractivity contribution in [2.75, 3.05) is 25.4 Å². The van der Waals surface area contributed by atoms with Gasteiger partial charge in [0.2, 0.25) is 21.8 Å². The summed E-state index contributed by atoms with van der Waals surface area (Å²) in [5, 5.41) is 17.3. The third-order valence-corrected chi connectivity index (χ3v) is 9.68. The molecule has 244 valence electrons. The molecule has 0 saturated carbocycles. The van der Waals surface area contributed by atoms with Crippen LogP contribution < -0.4 is 26.8 Å². The smallest absolute Gasteiger partial charge is 0.243 e. The molecule has 2 aromatic carbocycles. The summed E-state index contributed by atoms with van der Waals surface area (Å²) in [7, 11) is -3.99. The van der Waals surface area contributed by atoms with E-state index in [1.165, 1.54) is 28.6 Å². The number of nitrogens with zero attached hydrogens (tertiary/aromatic N) is 1. The van der Waals surface area contributed by atoms with Gasteiger partial charge in [-0.2, -0.15) is 4.31 Å². The van der Waals surface area contributed by atoms with Gasteiger partial charge in [0, 0.05) is 18.8 Å². The summed E-state index contributed by atoms with van der Waals surface area (Å²) in [6, 6.07) is 10.7. The number of amides is 2. The summed E-state index contributed by atoms with van der Waals surface area (Å²) in [6.45, 7) is 8.01. The van der Waals surface area contributed by atoms with Gasteiger partial charge in [0.1, 0.15) is 11.8 Å². The SMILES string of the molecule is CC(C)CCN(C[C@@H](O)[C@@H]1Cc2ccc(cc2)OCCCC[C@H](N)C(=O)N[C@@H](C(C)C)C(=O)N1)S(=O)(=O)c1ccc(N)cc1. The van der Waals surface area contributed by atoms with Gasteiger partial charge in [-0.25, -0.2) is 8.42 Å². The van der Waals surface area contributed by atoms with Crippen LogP contribution in [-0.2, 0) is 26.0 Å². The molecule has 2 heterocycles. The second-order valence-electron chi connectivity index (χ2n) is 12.3. The van der Waals surface area contributed by atoms with Crippen molar-refractivity contribution in [2.24, 2.45) is 17.6 Å². The van der Waals surface area contributed by atoms with E-state index in [1.54, 1.807) is 0 Å². The van der Waals surface area contributed by atoms with Gasteiger partial charge < -0.3 is 31.9 Å². The predicted molar refractivity (Wildman–Crippen MR) is 171 cm³/mol. The first-order valence-electron chi connectivity index (χ1n) is 15.4. The average molecular weight is 632 g/mol. The van der Waals surface area contributed by atoms with E-state index >= 15 is 0 Å². The number of hydrogen-bond donors (Lipinski definition) is 5. The number of carbonyl (C=O) groups is 2. The third-order valence-electron chi connectivity index (χ3n) is 7.80. The first kappa shape index (κ1) is 35.3. The molecule has 7 N–H and O–H groups in total. The minimum Gasteiger partial charge on any atom is -0.494 e. The monoisotopic (exact) mass is 631 g/mol. The molecule has 2 amide bonds. The van der Waals surface area contributed by atoms with Crippen molar-refractivity contribution in [1.29, 1.82) is 0 Å². The number of rotatable bonds is 9. The van der Waals surface area contributed by atoms with E-state index in [0.717, 1.165) is 12.0 Å². The Labute approximate surface area is 261 Å². The highest BCUT2D eigenvalue weighted by molar-refractivity contribution is 7.89. The molecule has 2 aliphatic rings. The predicted octanol–water partition coefficient (Wildman–Crippen LogP) is 2.42. The largest absolute Gasteiger partial charge is 0.494 e. The molecule has 0 spiro atoms. The molecule has 0 aromatic heterocycles. The standard InChI is InChI=1S/C32H49N5O6S/c1-21(2)16-17-37(44(41,42)26-14-10-24(33)11-15-26)20-29(38)28-19-23-8-12-25(13-9-23)43-18-6-5-7-27(34)31(39)36-30(22(3)4)32(40)35-28/h8-15,21-22,27-30,38H,5-7,16-20,33-34H2,1-4H3,(H,35,40)(H,36,39)/t27-,28-,29+,30-/m0/s1. The number of anilines is 1. The second-order valence-corrected chi connectivity index (χ2v) is 14.3. The molecule has 0 unspecified atom stereocenters. The number of nitrogens with two attached hydrogens (primary N) is 2. The third kappa shape index (κ3) is 10.2. The molecular formula is C32H49N5O6S. The van der Waals surface area contributed by atoms with Crippen LogP contribution >= 0.6 is 0 Å². The van der Waals surface area contributed by atoms with Gasteiger partial charge in [0.25, 0.3) is 0 Å². The summed E-state index contributed by atoms with van der Waals surface area (Å²) in [4.78, 5) is 26.6. The van der Waals surface area contributed by atoms with Gasteiger partial charge in [-0.1, -0.05) is 39.8 Å². The molecule has 0 aliphatic carbocycles. The topological polar surface area (TPSA) is 177 Å². The van der Waals surface area contributed by atoms with Crippen LogP contribution in [0, 0.1) is 11.8 Å². The lowest BCUT2D eigenvalue weighted by Crippen LogP contribution is -2.58. The maximum absolute atomic E-state index is 13.7. The fraction of sp³-hybridized carbons (Fsp3) is 0.562. The van der Waals surface area contributed by atoms with Crippen LogP contribution in [0.1, 0.15) is 58.9 Å². The summed E-state index contributed by atoms with van der Waals surface area (Å²) in [5.41, 5.74) is 13.2. The highest BCUT2D eigenvalue weighted by Crippen LogP contribution is 2.21. The molecule has 11 nitrogen and oxygen atoms in total. The Morgan fingerprint density at radius 3 is 2.25 bits per heavy atom. The number of fused-ring (bicyclic) bond motifs is 14. The van der Waals surface area contributed by atoms with E-state index in [2.05, 4.69) is 10.6 Å². The van der Waals surface area contributed by atoms with E-state index in [-0.39, 0.29) is 36.2 Å². The van der Waals surface area contributed by atoms with Crippen LogP contribution in [0.4, 0.5) is 5.69 Å². The first-order valence-corrected chi connectivity index (χ1v) is 16.8. The van der Waals surface area contributed by atoms with Crippen LogP contribution in [0.5, 0.6) is 5.75 Å². The van der Waals surface area contributed by atoms with Crippen molar-refractivity contribution in [3.63, 3.8) is 0 Å². The van der Waals surface area contributed by atoms with Crippen molar-refractivity contribution >= 4 is 27.5 Å². The molecular weight excluding hydrogens is 582 g/mol. The quantitative estimate of drug-likeness (QED) is 0.262. The Morgan fingerprint density at radius 2 is 1.64 bits per heavy atom. The van der Waals surface area contributed by atoms with Crippen LogP contribution in [0.2, 0.25) is 0 Å². The molecule has 4 rings (SSSR count). The van der Waals surface area contributed by atoms with Crippen molar-refractivity contribution in [2.45, 2.75) is 88.9 Å². The maximum atomic E-state index is 13.7. The molecule has 0 fully saturated rings. The number of hydrogen-bond acceptors (Lipinski definition) is 8. The van der Waals surface area contributed by atoms with E-state index in [1.807, 2.05) is 52.0 Å². The zero-order valence-corrected chi connectivity index (χ0v) is 27.1. The Balaban J connectivity index is 1.94. The Morgan fingerprint density at radius 1 is 0.977 bits per heavy atom. The van der Waals surface area contributed by atoms with E-state index in [0.29, 0.717) is 37.3 Å². The molecule has 0 radical (unpaired) electrons. The number of aliphatic hydroxyl groups is 1. The molecule has 2 aromatic rings. The van der Waals surface area contributed by atoms with Crippen molar-refractivity contribution < 1.29 is 27.9 Å². The Bertz CT molecular complexity index is 1320. The summed E-state index contributed by atoms with van der Waals surface area (Å²) in [6.07, 6.45) is 1.35. The molecule has 44 heavy (non-hydrogen) atoms. The molecule has 12 heteroatoms. The van der Waals surface area contributed by atoms with Crippen molar-refractivity contribution in [3.05, 3.63) is 54.1 Å². The number of sulfonamides is 1. The van der Waals surface area contributed by atoms with Gasteiger partial charge in [-0.3, -0.25) is 9.59 Å². The van der Waals surface area contributed by atoms with Gasteiger partial charge in [0.05, 0.1) is 29.7 Å². The van der Waals surface area contributed by atoms with E-state index in [4.69, 9.17) is 16.2 Å². The number of benzene rings is 2. The Hall–Kier alpha value is -3.19. The fourth-order valence-electron chi connectivity index (χ4n) is 4.95. The van der Waals surface area contributed by atoms with E-state index in [9.17, 15) is 23.1 Å². The highest BCUT2D eigenvalue weighted by atomic mass is 32.2. The number of aliphatic hydroxyl groups excluding tert-OH is 1. The van der Waals surface area contributed by atoms with Gasteiger partial charge in [-0.15, -0.1) is 0 Å². The van der Waals surface area contributed by atoms with Gasteiger partial charge in [-0.05, 0) is 85.9 Å². The zero-order chi connectivity index (χ0) is 32.4. The van der Waals surface area contributed by atoms with Crippen molar-refractivity contribution in [1.82, 2.24) is 14.9 Å².